The lowest BCUT2D eigenvalue weighted by Crippen LogP contribution is -2.29. The molecule has 1 amide bonds. The van der Waals surface area contributed by atoms with E-state index >= 15 is 0 Å². The molecule has 1 saturated heterocycles. The molecule has 0 aromatic heterocycles. The number of carbonyl (C=O) groups excluding carboxylic acids is 1. The Morgan fingerprint density at radius 2 is 1.70 bits per heavy atom. The number of rotatable bonds is 5. The number of nitrogens with zero attached hydrogens (tertiary/aromatic N) is 1. The molecular formula is C20H21ClN2O3S. The first-order valence-electron chi connectivity index (χ1n) is 9.10. The molecule has 1 aliphatic carbocycles. The smallest absolute Gasteiger partial charge is 0.244 e. The standard InChI is InChI=1S/C20H21ClN2O3S/c21-17-9-8-16(14-18(17)27(25,26)23-12-4-5-13-23)22-19(24)20(10-11-20)15-6-2-1-3-7-15/h1-3,6-9,14H,4-5,10-13H2,(H,22,24). The Hall–Kier alpha value is -1.89. The number of hydrogen-bond donors (Lipinski definition) is 1. The minimum Gasteiger partial charge on any atom is -0.325 e. The van der Waals surface area contributed by atoms with Crippen molar-refractivity contribution in [2.45, 2.75) is 36.0 Å². The number of halogens is 1. The summed E-state index contributed by atoms with van der Waals surface area (Å²) in [6.07, 6.45) is 3.28. The van der Waals surface area contributed by atoms with Crippen LogP contribution in [0, 0.1) is 0 Å². The fraction of sp³-hybridized carbons (Fsp3) is 0.350. The van der Waals surface area contributed by atoms with Crippen LogP contribution in [0.1, 0.15) is 31.2 Å². The molecule has 4 rings (SSSR count). The third-order valence-corrected chi connectivity index (χ3v) is 7.76. The van der Waals surface area contributed by atoms with Gasteiger partial charge in [0, 0.05) is 18.8 Å². The molecule has 2 aliphatic rings. The lowest BCUT2D eigenvalue weighted by Gasteiger charge is -2.19. The summed E-state index contributed by atoms with van der Waals surface area (Å²) in [5.41, 5.74) is 0.917. The predicted octanol–water partition coefficient (Wildman–Crippen LogP) is 3.79. The number of nitrogens with one attached hydrogen (secondary N) is 1. The average Bonchev–Trinajstić information content (AvgIpc) is 3.29. The maximum absolute atomic E-state index is 12.9. The Morgan fingerprint density at radius 1 is 1.04 bits per heavy atom. The van der Waals surface area contributed by atoms with Crippen molar-refractivity contribution in [3.63, 3.8) is 0 Å². The van der Waals surface area contributed by atoms with E-state index in [4.69, 9.17) is 11.6 Å². The van der Waals surface area contributed by atoms with E-state index in [1.165, 1.54) is 16.4 Å². The SMILES string of the molecule is O=C(Nc1ccc(Cl)c(S(=O)(=O)N2CCCC2)c1)C1(c2ccccc2)CC1. The van der Waals surface area contributed by atoms with E-state index < -0.39 is 15.4 Å². The highest BCUT2D eigenvalue weighted by Gasteiger charge is 2.51. The van der Waals surface area contributed by atoms with Crippen LogP contribution in [0.3, 0.4) is 0 Å². The molecule has 1 saturated carbocycles. The number of anilines is 1. The number of sulfonamides is 1. The van der Waals surface area contributed by atoms with Gasteiger partial charge in [0.15, 0.2) is 0 Å². The number of amides is 1. The quantitative estimate of drug-likeness (QED) is 0.824. The molecule has 7 heteroatoms. The molecule has 2 fully saturated rings. The van der Waals surface area contributed by atoms with Crippen LogP contribution >= 0.6 is 11.6 Å². The van der Waals surface area contributed by atoms with Crippen molar-refractivity contribution in [2.75, 3.05) is 18.4 Å². The van der Waals surface area contributed by atoms with Crippen molar-refractivity contribution in [3.05, 3.63) is 59.1 Å². The van der Waals surface area contributed by atoms with Gasteiger partial charge in [-0.2, -0.15) is 4.31 Å². The molecule has 0 bridgehead atoms. The molecule has 0 atom stereocenters. The van der Waals surface area contributed by atoms with Crippen LogP contribution < -0.4 is 5.32 Å². The van der Waals surface area contributed by atoms with Crippen molar-refractivity contribution in [1.82, 2.24) is 4.31 Å². The first-order valence-corrected chi connectivity index (χ1v) is 10.9. The van der Waals surface area contributed by atoms with Gasteiger partial charge in [0.2, 0.25) is 15.9 Å². The van der Waals surface area contributed by atoms with Gasteiger partial charge in [-0.15, -0.1) is 0 Å². The fourth-order valence-corrected chi connectivity index (χ4v) is 5.64. The van der Waals surface area contributed by atoms with Gasteiger partial charge >= 0.3 is 0 Å². The molecule has 2 aromatic rings. The Morgan fingerprint density at radius 3 is 2.33 bits per heavy atom. The van der Waals surface area contributed by atoms with E-state index in [1.54, 1.807) is 6.07 Å². The van der Waals surface area contributed by atoms with Gasteiger partial charge in [0.25, 0.3) is 0 Å². The van der Waals surface area contributed by atoms with Crippen LogP contribution in [-0.2, 0) is 20.2 Å². The third-order valence-electron chi connectivity index (χ3n) is 5.38. The fourth-order valence-electron chi connectivity index (χ4n) is 3.63. The Kier molecular flexibility index (Phi) is 4.74. The molecule has 1 N–H and O–H groups in total. The molecule has 1 heterocycles. The van der Waals surface area contributed by atoms with Gasteiger partial charge < -0.3 is 5.32 Å². The van der Waals surface area contributed by atoms with Crippen molar-refractivity contribution in [3.8, 4) is 0 Å². The van der Waals surface area contributed by atoms with Crippen LogP contribution in [-0.4, -0.2) is 31.7 Å². The van der Waals surface area contributed by atoms with Crippen molar-refractivity contribution in [1.29, 1.82) is 0 Å². The predicted molar refractivity (Wildman–Crippen MR) is 105 cm³/mol. The molecular weight excluding hydrogens is 384 g/mol. The van der Waals surface area contributed by atoms with E-state index in [1.807, 2.05) is 30.3 Å². The molecule has 142 valence electrons. The Bertz CT molecular complexity index is 966. The van der Waals surface area contributed by atoms with Crippen molar-refractivity contribution in [2.24, 2.45) is 0 Å². The second-order valence-corrected chi connectivity index (χ2v) is 9.47. The maximum Gasteiger partial charge on any atom is 0.244 e. The normalized spacial score (nSPS) is 19.0. The summed E-state index contributed by atoms with van der Waals surface area (Å²) in [6, 6.07) is 14.3. The van der Waals surface area contributed by atoms with Gasteiger partial charge in [0.05, 0.1) is 10.4 Å². The lowest BCUT2D eigenvalue weighted by atomic mass is 9.95. The molecule has 0 spiro atoms. The van der Waals surface area contributed by atoms with Crippen LogP contribution in [0.5, 0.6) is 0 Å². The summed E-state index contributed by atoms with van der Waals surface area (Å²) < 4.78 is 27.2. The summed E-state index contributed by atoms with van der Waals surface area (Å²) in [5, 5.41) is 3.06. The van der Waals surface area contributed by atoms with Crippen LogP contribution in [0.15, 0.2) is 53.4 Å². The van der Waals surface area contributed by atoms with Crippen LogP contribution in [0.2, 0.25) is 5.02 Å². The van der Waals surface area contributed by atoms with E-state index in [9.17, 15) is 13.2 Å². The van der Waals surface area contributed by atoms with E-state index in [-0.39, 0.29) is 15.8 Å². The van der Waals surface area contributed by atoms with E-state index in [0.717, 1.165) is 31.2 Å². The number of hydrogen-bond acceptors (Lipinski definition) is 3. The highest BCUT2D eigenvalue weighted by molar-refractivity contribution is 7.89. The zero-order valence-electron chi connectivity index (χ0n) is 14.8. The highest BCUT2D eigenvalue weighted by atomic mass is 35.5. The van der Waals surface area contributed by atoms with Crippen LogP contribution in [0.4, 0.5) is 5.69 Å². The van der Waals surface area contributed by atoms with Gasteiger partial charge in [-0.05, 0) is 49.4 Å². The zero-order valence-corrected chi connectivity index (χ0v) is 16.4. The Balaban J connectivity index is 1.60. The average molecular weight is 405 g/mol. The minimum absolute atomic E-state index is 0.0495. The van der Waals surface area contributed by atoms with Gasteiger partial charge in [-0.25, -0.2) is 8.42 Å². The summed E-state index contributed by atoms with van der Waals surface area (Å²) in [5.74, 6) is -0.111. The summed E-state index contributed by atoms with van der Waals surface area (Å²) in [7, 11) is -3.65. The van der Waals surface area contributed by atoms with Gasteiger partial charge in [-0.1, -0.05) is 41.9 Å². The lowest BCUT2D eigenvalue weighted by molar-refractivity contribution is -0.118. The third kappa shape index (κ3) is 3.37. The summed E-state index contributed by atoms with van der Waals surface area (Å²) in [6.45, 7) is 1.01. The van der Waals surface area contributed by atoms with Gasteiger partial charge in [-0.3, -0.25) is 4.79 Å². The molecule has 27 heavy (non-hydrogen) atoms. The largest absolute Gasteiger partial charge is 0.325 e. The van der Waals surface area contributed by atoms with Crippen molar-refractivity contribution < 1.29 is 13.2 Å². The first-order chi connectivity index (χ1) is 12.9. The second-order valence-electron chi connectivity index (χ2n) is 7.16. The number of benzene rings is 2. The molecule has 2 aromatic carbocycles. The minimum atomic E-state index is -3.65. The first kappa shape index (κ1) is 18.5. The molecule has 1 aliphatic heterocycles. The molecule has 5 nitrogen and oxygen atoms in total. The topological polar surface area (TPSA) is 66.5 Å². The second kappa shape index (κ2) is 6.93. The summed E-state index contributed by atoms with van der Waals surface area (Å²) in [4.78, 5) is 12.9. The summed E-state index contributed by atoms with van der Waals surface area (Å²) >= 11 is 6.18. The monoisotopic (exact) mass is 404 g/mol. The van der Waals surface area contributed by atoms with E-state index in [2.05, 4.69) is 5.32 Å². The number of carbonyl (C=O) groups is 1. The van der Waals surface area contributed by atoms with Crippen molar-refractivity contribution >= 4 is 33.2 Å². The van der Waals surface area contributed by atoms with Crippen LogP contribution in [0.25, 0.3) is 0 Å². The maximum atomic E-state index is 12.9. The molecule has 0 radical (unpaired) electrons. The van der Waals surface area contributed by atoms with E-state index in [0.29, 0.717) is 18.8 Å². The highest BCUT2D eigenvalue weighted by Crippen LogP contribution is 2.49. The van der Waals surface area contributed by atoms with Gasteiger partial charge in [0.1, 0.15) is 4.90 Å². The zero-order chi connectivity index (χ0) is 19.1. The molecule has 0 unspecified atom stereocenters. The Labute approximate surface area is 164 Å².